The molecule has 21 heavy (non-hydrogen) atoms. The summed E-state index contributed by atoms with van der Waals surface area (Å²) in [4.78, 5) is 11.0. The Morgan fingerprint density at radius 3 is 2.52 bits per heavy atom. The Labute approximate surface area is 123 Å². The summed E-state index contributed by atoms with van der Waals surface area (Å²) in [6.45, 7) is 1.66. The van der Waals surface area contributed by atoms with Gasteiger partial charge in [0, 0.05) is 17.5 Å². The normalized spacial score (nSPS) is 21.8. The molecule has 2 aromatic carbocycles. The predicted octanol–water partition coefficient (Wildman–Crippen LogP) is 2.19. The maximum absolute atomic E-state index is 12.4. The lowest BCUT2D eigenvalue weighted by Crippen LogP contribution is -3.01. The highest BCUT2D eigenvalue weighted by Gasteiger charge is 2.30. The molecular weight excluding hydrogens is 266 g/mol. The Morgan fingerprint density at radius 2 is 1.90 bits per heavy atom. The van der Waals surface area contributed by atoms with E-state index >= 15 is 0 Å². The summed E-state index contributed by atoms with van der Waals surface area (Å²) in [7, 11) is 0. The van der Waals surface area contributed by atoms with E-state index in [4.69, 9.17) is 5.11 Å². The number of fused-ring (bicyclic) bond motifs is 1. The minimum atomic E-state index is -0.841. The zero-order valence-electron chi connectivity index (χ0n) is 11.7. The van der Waals surface area contributed by atoms with Crippen LogP contribution in [0.1, 0.15) is 35.6 Å². The molecule has 0 saturated carbocycles. The lowest BCUT2D eigenvalue weighted by atomic mass is 9.97. The van der Waals surface area contributed by atoms with Gasteiger partial charge in [-0.05, 0) is 18.6 Å². The maximum Gasteiger partial charge on any atom is 0.310 e. The number of carbonyl (C=O) groups is 1. The van der Waals surface area contributed by atoms with Crippen LogP contribution >= 0.6 is 0 Å². The van der Waals surface area contributed by atoms with Gasteiger partial charge in [0.15, 0.2) is 0 Å². The van der Waals surface area contributed by atoms with Crippen LogP contribution in [0, 0.1) is 5.21 Å². The zero-order valence-corrected chi connectivity index (χ0v) is 11.7. The van der Waals surface area contributed by atoms with E-state index in [9.17, 15) is 10.0 Å². The van der Waals surface area contributed by atoms with Gasteiger partial charge in [0.2, 0.25) is 0 Å². The number of carboxylic acids is 1. The van der Waals surface area contributed by atoms with Crippen molar-refractivity contribution in [3.8, 4) is 0 Å². The number of benzene rings is 2. The van der Waals surface area contributed by atoms with Crippen molar-refractivity contribution in [2.75, 3.05) is 0 Å². The molecule has 3 atom stereocenters. The largest absolute Gasteiger partial charge is 0.628 e. The molecule has 0 bridgehead atoms. The Hall–Kier alpha value is -2.17. The molecule has 2 aromatic rings. The van der Waals surface area contributed by atoms with Crippen LogP contribution in [0.25, 0.3) is 0 Å². The number of para-hydroxylation sites is 1. The van der Waals surface area contributed by atoms with Gasteiger partial charge in [0.1, 0.15) is 11.7 Å². The second-order valence-electron chi connectivity index (χ2n) is 5.50. The van der Waals surface area contributed by atoms with Crippen LogP contribution in [0.5, 0.6) is 0 Å². The first-order valence-electron chi connectivity index (χ1n) is 7.02. The summed E-state index contributed by atoms with van der Waals surface area (Å²) in [5.74, 6) is -1.37. The van der Waals surface area contributed by atoms with Gasteiger partial charge in [0.05, 0.1) is 5.92 Å². The van der Waals surface area contributed by atoms with Gasteiger partial charge < -0.3 is 15.4 Å². The van der Waals surface area contributed by atoms with Crippen LogP contribution in [0.3, 0.4) is 0 Å². The molecule has 0 spiro atoms. The van der Waals surface area contributed by atoms with E-state index in [0.29, 0.717) is 0 Å². The summed E-state index contributed by atoms with van der Waals surface area (Å²) < 4.78 is 0. The van der Waals surface area contributed by atoms with E-state index in [2.05, 4.69) is 0 Å². The fourth-order valence-electron chi connectivity index (χ4n) is 2.87. The van der Waals surface area contributed by atoms with Crippen LogP contribution in [-0.4, -0.2) is 11.1 Å². The number of hydrogen-bond acceptors (Lipinski definition) is 2. The van der Waals surface area contributed by atoms with Gasteiger partial charge in [-0.1, -0.05) is 42.5 Å². The van der Waals surface area contributed by atoms with E-state index in [-0.39, 0.29) is 11.1 Å². The van der Waals surface area contributed by atoms with E-state index in [1.165, 1.54) is 0 Å². The molecule has 3 rings (SSSR count). The smallest absolute Gasteiger partial charge is 0.310 e. The Kier molecular flexibility index (Phi) is 3.49. The summed E-state index contributed by atoms with van der Waals surface area (Å²) in [6, 6.07) is 14.9. The molecule has 108 valence electrons. The summed E-state index contributed by atoms with van der Waals surface area (Å²) >= 11 is 0. The molecule has 0 radical (unpaired) electrons. The average molecular weight is 283 g/mol. The van der Waals surface area contributed by atoms with Crippen molar-refractivity contribution in [1.82, 2.24) is 0 Å². The third kappa shape index (κ3) is 2.44. The van der Waals surface area contributed by atoms with Crippen molar-refractivity contribution < 1.29 is 15.0 Å². The minimum Gasteiger partial charge on any atom is -0.628 e. The van der Waals surface area contributed by atoms with Gasteiger partial charge in [0.25, 0.3) is 0 Å². The number of carboxylic acid groups (broad SMARTS) is 1. The van der Waals surface area contributed by atoms with Crippen molar-refractivity contribution in [3.63, 3.8) is 0 Å². The van der Waals surface area contributed by atoms with Gasteiger partial charge in [-0.25, -0.2) is 0 Å². The number of aliphatic carboxylic acids is 1. The SMILES string of the molecule is CC(C(=O)O)c1ccc(C2Cc3ccccc3[NH+]2[O-])cc1. The average Bonchev–Trinajstić information content (AvgIpc) is 2.84. The minimum absolute atomic E-state index is 0.142. The molecule has 0 saturated heterocycles. The molecule has 1 aliphatic heterocycles. The highest BCUT2D eigenvalue weighted by molar-refractivity contribution is 5.75. The molecule has 0 aromatic heterocycles. The first kappa shape index (κ1) is 13.8. The molecule has 0 aliphatic carbocycles. The lowest BCUT2D eigenvalue weighted by molar-refractivity contribution is -0.806. The third-order valence-corrected chi connectivity index (χ3v) is 4.23. The Balaban J connectivity index is 1.85. The maximum atomic E-state index is 12.4. The summed E-state index contributed by atoms with van der Waals surface area (Å²) in [5, 5.41) is 21.6. The van der Waals surface area contributed by atoms with Gasteiger partial charge in [-0.2, -0.15) is 0 Å². The standard InChI is InChI=1S/C17H17NO3/c1-11(17(19)20)12-6-8-13(9-7-12)16-10-14-4-2-3-5-15(14)18(16)21/h2-9,11,16,18H,10H2,1H3,(H,19,20). The molecule has 2 N–H and O–H groups in total. The van der Waals surface area contributed by atoms with Crippen LogP contribution in [0.15, 0.2) is 48.5 Å². The number of nitrogens with one attached hydrogen (secondary N) is 1. The number of hydroxylamine groups is 1. The molecule has 3 unspecified atom stereocenters. The molecular formula is C17H17NO3. The second kappa shape index (κ2) is 5.31. The fourth-order valence-corrected chi connectivity index (χ4v) is 2.87. The van der Waals surface area contributed by atoms with Crippen LogP contribution in [-0.2, 0) is 11.2 Å². The second-order valence-corrected chi connectivity index (χ2v) is 5.50. The number of rotatable bonds is 3. The van der Waals surface area contributed by atoms with Crippen molar-refractivity contribution in [2.24, 2.45) is 0 Å². The molecule has 1 aliphatic rings. The van der Waals surface area contributed by atoms with Crippen molar-refractivity contribution >= 4 is 11.7 Å². The number of quaternary nitrogens is 1. The van der Waals surface area contributed by atoms with E-state index in [0.717, 1.165) is 28.8 Å². The molecule has 4 nitrogen and oxygen atoms in total. The first-order chi connectivity index (χ1) is 10.1. The first-order valence-corrected chi connectivity index (χ1v) is 7.02. The zero-order chi connectivity index (χ0) is 15.0. The van der Waals surface area contributed by atoms with Gasteiger partial charge in [-0.15, -0.1) is 0 Å². The molecule has 0 amide bonds. The summed E-state index contributed by atoms with van der Waals surface area (Å²) in [5.41, 5.74) is 3.62. The molecule has 1 heterocycles. The third-order valence-electron chi connectivity index (χ3n) is 4.23. The monoisotopic (exact) mass is 283 g/mol. The van der Waals surface area contributed by atoms with Crippen molar-refractivity contribution in [1.29, 1.82) is 0 Å². The van der Waals surface area contributed by atoms with E-state index in [1.54, 1.807) is 6.92 Å². The van der Waals surface area contributed by atoms with E-state index < -0.39 is 11.9 Å². The predicted molar refractivity (Wildman–Crippen MR) is 79.4 cm³/mol. The summed E-state index contributed by atoms with van der Waals surface area (Å²) in [6.07, 6.45) is 0.725. The Morgan fingerprint density at radius 1 is 1.24 bits per heavy atom. The quantitative estimate of drug-likeness (QED) is 0.849. The van der Waals surface area contributed by atoms with Crippen molar-refractivity contribution in [3.05, 3.63) is 70.4 Å². The Bertz CT molecular complexity index is 666. The highest BCUT2D eigenvalue weighted by Crippen LogP contribution is 2.28. The molecule has 4 heteroatoms. The van der Waals surface area contributed by atoms with Gasteiger partial charge >= 0.3 is 5.97 Å². The van der Waals surface area contributed by atoms with Crippen molar-refractivity contribution in [2.45, 2.75) is 25.3 Å². The van der Waals surface area contributed by atoms with Gasteiger partial charge in [-0.3, -0.25) is 4.79 Å². The fraction of sp³-hybridized carbons (Fsp3) is 0.235. The van der Waals surface area contributed by atoms with Crippen LogP contribution in [0.4, 0.5) is 5.69 Å². The lowest BCUT2D eigenvalue weighted by Gasteiger charge is -2.25. The highest BCUT2D eigenvalue weighted by atomic mass is 16.5. The number of hydrogen-bond donors (Lipinski definition) is 2. The van der Waals surface area contributed by atoms with Crippen LogP contribution < -0.4 is 5.06 Å². The van der Waals surface area contributed by atoms with Crippen LogP contribution in [0.2, 0.25) is 0 Å². The topological polar surface area (TPSA) is 64.8 Å². The molecule has 0 fully saturated rings. The van der Waals surface area contributed by atoms with E-state index in [1.807, 2.05) is 48.5 Å².